The topological polar surface area (TPSA) is 38.5 Å². The minimum atomic E-state index is -0.251. The molecule has 0 aliphatic carbocycles. The van der Waals surface area contributed by atoms with Crippen molar-refractivity contribution in [3.63, 3.8) is 0 Å². The predicted octanol–water partition coefficient (Wildman–Crippen LogP) is 3.83. The van der Waals surface area contributed by atoms with Crippen molar-refractivity contribution in [2.24, 2.45) is 0 Å². The van der Waals surface area contributed by atoms with Crippen LogP contribution in [-0.2, 0) is 6.54 Å². The Morgan fingerprint density at radius 3 is 2.62 bits per heavy atom. The number of nitrogens with two attached hydrogens (primary N) is 1. The molecule has 0 saturated carbocycles. The first-order chi connectivity index (χ1) is 10.1. The van der Waals surface area contributed by atoms with Crippen LogP contribution in [-0.4, -0.2) is 13.7 Å². The number of methoxy groups -OCH3 is 1. The van der Waals surface area contributed by atoms with E-state index in [1.807, 2.05) is 24.3 Å². The van der Waals surface area contributed by atoms with E-state index < -0.39 is 0 Å². The highest BCUT2D eigenvalue weighted by molar-refractivity contribution is 5.56. The summed E-state index contributed by atoms with van der Waals surface area (Å²) in [5.41, 5.74) is 8.20. The number of halogens is 1. The molecule has 0 aromatic heterocycles. The summed E-state index contributed by atoms with van der Waals surface area (Å²) < 4.78 is 19.1. The third-order valence-corrected chi connectivity index (χ3v) is 3.35. The molecule has 0 unspecified atom stereocenters. The van der Waals surface area contributed by atoms with Crippen LogP contribution in [0.4, 0.5) is 15.8 Å². The molecule has 0 amide bonds. The lowest BCUT2D eigenvalue weighted by Gasteiger charge is -2.25. The van der Waals surface area contributed by atoms with E-state index >= 15 is 0 Å². The molecule has 2 N–H and O–H groups in total. The summed E-state index contributed by atoms with van der Waals surface area (Å²) in [4.78, 5) is 2.13. The van der Waals surface area contributed by atoms with E-state index in [9.17, 15) is 4.39 Å². The van der Waals surface area contributed by atoms with Crippen molar-refractivity contribution in [2.75, 3.05) is 24.3 Å². The van der Waals surface area contributed by atoms with Crippen molar-refractivity contribution in [1.82, 2.24) is 0 Å². The van der Waals surface area contributed by atoms with Gasteiger partial charge >= 0.3 is 0 Å². The minimum Gasteiger partial charge on any atom is -0.497 e. The minimum absolute atomic E-state index is 0.251. The molecule has 0 atom stereocenters. The first kappa shape index (κ1) is 15.2. The molecule has 21 heavy (non-hydrogen) atoms. The fourth-order valence-corrected chi connectivity index (χ4v) is 2.28. The molecule has 112 valence electrons. The van der Waals surface area contributed by atoms with Crippen molar-refractivity contribution < 1.29 is 9.13 Å². The predicted molar refractivity (Wildman–Crippen MR) is 85.1 cm³/mol. The lowest BCUT2D eigenvalue weighted by Crippen LogP contribution is -2.24. The van der Waals surface area contributed by atoms with Crippen LogP contribution in [0.1, 0.15) is 18.9 Å². The molecule has 0 radical (unpaired) electrons. The second-order valence-electron chi connectivity index (χ2n) is 4.97. The van der Waals surface area contributed by atoms with Crippen molar-refractivity contribution in [3.05, 3.63) is 53.8 Å². The van der Waals surface area contributed by atoms with Crippen molar-refractivity contribution >= 4 is 11.4 Å². The Balaban J connectivity index is 2.24. The van der Waals surface area contributed by atoms with Gasteiger partial charge in [-0.2, -0.15) is 0 Å². The SMILES string of the molecule is CCCN(Cc1ccc(OC)cc1F)c1cccc(N)c1. The maximum atomic E-state index is 14.1. The van der Waals surface area contributed by atoms with Gasteiger partial charge in [0.1, 0.15) is 11.6 Å². The zero-order valence-corrected chi connectivity index (χ0v) is 12.5. The second kappa shape index (κ2) is 6.97. The van der Waals surface area contributed by atoms with Gasteiger partial charge in [-0.05, 0) is 30.7 Å². The summed E-state index contributed by atoms with van der Waals surface area (Å²) in [7, 11) is 1.53. The largest absolute Gasteiger partial charge is 0.497 e. The lowest BCUT2D eigenvalue weighted by atomic mass is 10.1. The summed E-state index contributed by atoms with van der Waals surface area (Å²) in [6, 6.07) is 12.6. The Bertz CT molecular complexity index is 601. The van der Waals surface area contributed by atoms with Crippen molar-refractivity contribution in [3.8, 4) is 5.75 Å². The Kier molecular flexibility index (Phi) is 5.04. The number of benzene rings is 2. The van der Waals surface area contributed by atoms with Gasteiger partial charge in [0.15, 0.2) is 0 Å². The summed E-state index contributed by atoms with van der Waals surface area (Å²) in [5, 5.41) is 0. The van der Waals surface area contributed by atoms with Crippen LogP contribution in [0.3, 0.4) is 0 Å². The van der Waals surface area contributed by atoms with E-state index in [0.29, 0.717) is 23.5 Å². The molecule has 2 rings (SSSR count). The zero-order chi connectivity index (χ0) is 15.2. The number of rotatable bonds is 6. The van der Waals surface area contributed by atoms with E-state index in [2.05, 4.69) is 11.8 Å². The Morgan fingerprint density at radius 1 is 1.19 bits per heavy atom. The molecule has 0 fully saturated rings. The zero-order valence-electron chi connectivity index (χ0n) is 12.5. The monoisotopic (exact) mass is 288 g/mol. The third kappa shape index (κ3) is 3.88. The Labute approximate surface area is 125 Å². The van der Waals surface area contributed by atoms with Crippen molar-refractivity contribution in [2.45, 2.75) is 19.9 Å². The van der Waals surface area contributed by atoms with Crippen LogP contribution >= 0.6 is 0 Å². The second-order valence-corrected chi connectivity index (χ2v) is 4.97. The van der Waals surface area contributed by atoms with Crippen LogP contribution in [0.15, 0.2) is 42.5 Å². The smallest absolute Gasteiger partial charge is 0.131 e. The maximum Gasteiger partial charge on any atom is 0.131 e. The Morgan fingerprint density at radius 2 is 2.00 bits per heavy atom. The number of hydrogen-bond acceptors (Lipinski definition) is 3. The average molecular weight is 288 g/mol. The van der Waals surface area contributed by atoms with Gasteiger partial charge in [0, 0.05) is 36.1 Å². The van der Waals surface area contributed by atoms with Crippen LogP contribution in [0, 0.1) is 5.82 Å². The molecule has 4 heteroatoms. The van der Waals surface area contributed by atoms with Crippen molar-refractivity contribution in [1.29, 1.82) is 0 Å². The fraction of sp³-hybridized carbons (Fsp3) is 0.294. The summed E-state index contributed by atoms with van der Waals surface area (Å²) >= 11 is 0. The van der Waals surface area contributed by atoms with Crippen LogP contribution in [0.25, 0.3) is 0 Å². The number of hydrogen-bond donors (Lipinski definition) is 1. The highest BCUT2D eigenvalue weighted by Gasteiger charge is 2.11. The number of ether oxygens (including phenoxy) is 1. The molecule has 0 saturated heterocycles. The quantitative estimate of drug-likeness (QED) is 0.821. The maximum absolute atomic E-state index is 14.1. The van der Waals surface area contributed by atoms with Gasteiger partial charge in [-0.1, -0.05) is 19.1 Å². The van der Waals surface area contributed by atoms with Gasteiger partial charge < -0.3 is 15.4 Å². The van der Waals surface area contributed by atoms with E-state index in [-0.39, 0.29) is 5.82 Å². The molecule has 2 aromatic rings. The van der Waals surface area contributed by atoms with Crippen LogP contribution < -0.4 is 15.4 Å². The van der Waals surface area contributed by atoms with E-state index in [1.54, 1.807) is 12.1 Å². The molecule has 3 nitrogen and oxygen atoms in total. The van der Waals surface area contributed by atoms with Gasteiger partial charge in [0.2, 0.25) is 0 Å². The lowest BCUT2D eigenvalue weighted by molar-refractivity contribution is 0.410. The Hall–Kier alpha value is -2.23. The van der Waals surface area contributed by atoms with E-state index in [4.69, 9.17) is 10.5 Å². The fourth-order valence-electron chi connectivity index (χ4n) is 2.28. The molecule has 0 aliphatic rings. The highest BCUT2D eigenvalue weighted by Crippen LogP contribution is 2.23. The normalized spacial score (nSPS) is 10.4. The number of nitrogens with zero attached hydrogens (tertiary/aromatic N) is 1. The summed E-state index contributed by atoms with van der Waals surface area (Å²) in [6.45, 7) is 3.45. The molecule has 0 aliphatic heterocycles. The third-order valence-electron chi connectivity index (χ3n) is 3.35. The summed E-state index contributed by atoms with van der Waals surface area (Å²) in [5.74, 6) is 0.279. The molecule has 0 spiro atoms. The molecule has 2 aromatic carbocycles. The first-order valence-electron chi connectivity index (χ1n) is 7.07. The molecule has 0 bridgehead atoms. The molecule has 0 heterocycles. The van der Waals surface area contributed by atoms with E-state index in [1.165, 1.54) is 13.2 Å². The average Bonchev–Trinajstić information content (AvgIpc) is 2.48. The van der Waals surface area contributed by atoms with Gasteiger partial charge in [-0.25, -0.2) is 4.39 Å². The van der Waals surface area contributed by atoms with Crippen LogP contribution in [0.2, 0.25) is 0 Å². The van der Waals surface area contributed by atoms with Gasteiger partial charge in [-0.15, -0.1) is 0 Å². The number of nitrogen functional groups attached to an aromatic ring is 1. The van der Waals surface area contributed by atoms with Gasteiger partial charge in [0.25, 0.3) is 0 Å². The first-order valence-corrected chi connectivity index (χ1v) is 7.07. The standard InChI is InChI=1S/C17H21FN2O/c1-3-9-20(15-6-4-5-14(19)10-15)12-13-7-8-16(21-2)11-17(13)18/h4-8,10-11H,3,9,12,19H2,1-2H3. The number of anilines is 2. The molecular formula is C17H21FN2O. The van der Waals surface area contributed by atoms with Crippen LogP contribution in [0.5, 0.6) is 5.75 Å². The molecular weight excluding hydrogens is 267 g/mol. The van der Waals surface area contributed by atoms with Gasteiger partial charge in [-0.3, -0.25) is 0 Å². The van der Waals surface area contributed by atoms with Gasteiger partial charge in [0.05, 0.1) is 7.11 Å². The van der Waals surface area contributed by atoms with E-state index in [0.717, 1.165) is 18.7 Å². The highest BCUT2D eigenvalue weighted by atomic mass is 19.1. The summed E-state index contributed by atoms with van der Waals surface area (Å²) in [6.07, 6.45) is 0.979.